The van der Waals surface area contributed by atoms with Crippen LogP contribution in [0.5, 0.6) is 0 Å². The maximum absolute atomic E-state index is 13.6. The SMILES string of the molecule is O=C(OCC1CCCN2CCCCC12)c1cc(F)ccc1F. The Balaban J connectivity index is 1.61. The first kappa shape index (κ1) is 15.4. The third-order valence-corrected chi connectivity index (χ3v) is 4.81. The fraction of sp³-hybridized carbons (Fsp3) is 0.588. The molecule has 5 heteroatoms. The zero-order chi connectivity index (χ0) is 15.5. The molecule has 2 aliphatic heterocycles. The number of piperidine rings is 2. The quantitative estimate of drug-likeness (QED) is 0.802. The second-order valence-corrected chi connectivity index (χ2v) is 6.22. The van der Waals surface area contributed by atoms with E-state index in [-0.39, 0.29) is 12.2 Å². The largest absolute Gasteiger partial charge is 0.462 e. The molecule has 120 valence electrons. The van der Waals surface area contributed by atoms with Crippen molar-refractivity contribution in [3.8, 4) is 0 Å². The van der Waals surface area contributed by atoms with Gasteiger partial charge in [-0.1, -0.05) is 6.42 Å². The smallest absolute Gasteiger partial charge is 0.341 e. The van der Waals surface area contributed by atoms with Crippen molar-refractivity contribution in [3.05, 3.63) is 35.4 Å². The highest BCUT2D eigenvalue weighted by Gasteiger charge is 2.33. The van der Waals surface area contributed by atoms with Crippen LogP contribution in [0.2, 0.25) is 0 Å². The predicted molar refractivity (Wildman–Crippen MR) is 78.6 cm³/mol. The van der Waals surface area contributed by atoms with Gasteiger partial charge in [0.1, 0.15) is 11.6 Å². The molecule has 0 bridgehead atoms. The number of carbonyl (C=O) groups is 1. The van der Waals surface area contributed by atoms with Crippen molar-refractivity contribution in [1.82, 2.24) is 4.90 Å². The maximum atomic E-state index is 13.6. The van der Waals surface area contributed by atoms with Crippen LogP contribution in [0, 0.1) is 17.6 Å². The second kappa shape index (κ2) is 6.73. The van der Waals surface area contributed by atoms with Gasteiger partial charge >= 0.3 is 5.97 Å². The van der Waals surface area contributed by atoms with Gasteiger partial charge in [-0.15, -0.1) is 0 Å². The zero-order valence-electron chi connectivity index (χ0n) is 12.6. The van der Waals surface area contributed by atoms with Crippen LogP contribution in [0.4, 0.5) is 8.78 Å². The molecule has 0 radical (unpaired) electrons. The highest BCUT2D eigenvalue weighted by Crippen LogP contribution is 2.31. The van der Waals surface area contributed by atoms with Gasteiger partial charge in [-0.3, -0.25) is 4.90 Å². The number of benzene rings is 1. The Morgan fingerprint density at radius 2 is 2.00 bits per heavy atom. The van der Waals surface area contributed by atoms with Crippen LogP contribution < -0.4 is 0 Å². The standard InChI is InChI=1S/C17H21F2NO2/c18-13-6-7-15(19)14(10-13)17(21)22-11-12-4-3-9-20-8-2-1-5-16(12)20/h6-7,10,12,16H,1-5,8-9,11H2. The molecule has 2 heterocycles. The minimum Gasteiger partial charge on any atom is -0.462 e. The van der Waals surface area contributed by atoms with Crippen LogP contribution in [0.25, 0.3) is 0 Å². The summed E-state index contributed by atoms with van der Waals surface area (Å²) in [4.78, 5) is 14.5. The van der Waals surface area contributed by atoms with Gasteiger partial charge in [0.15, 0.2) is 0 Å². The Labute approximate surface area is 129 Å². The summed E-state index contributed by atoms with van der Waals surface area (Å²) >= 11 is 0. The number of halogens is 2. The molecule has 2 saturated heterocycles. The molecule has 2 aliphatic rings. The van der Waals surface area contributed by atoms with Crippen molar-refractivity contribution in [3.63, 3.8) is 0 Å². The molecule has 1 aromatic rings. The van der Waals surface area contributed by atoms with Crippen LogP contribution in [-0.4, -0.2) is 36.6 Å². The fourth-order valence-corrected chi connectivity index (χ4v) is 3.69. The number of carbonyl (C=O) groups excluding carboxylic acids is 1. The van der Waals surface area contributed by atoms with Gasteiger partial charge < -0.3 is 4.74 Å². The molecule has 0 spiro atoms. The topological polar surface area (TPSA) is 29.5 Å². The van der Waals surface area contributed by atoms with E-state index in [2.05, 4.69) is 4.90 Å². The van der Waals surface area contributed by atoms with Crippen LogP contribution in [-0.2, 0) is 4.74 Å². The van der Waals surface area contributed by atoms with Gasteiger partial charge in [0.25, 0.3) is 0 Å². The first-order valence-electron chi connectivity index (χ1n) is 8.01. The molecule has 22 heavy (non-hydrogen) atoms. The molecule has 0 amide bonds. The molecule has 2 atom stereocenters. The average molecular weight is 309 g/mol. The van der Waals surface area contributed by atoms with Crippen LogP contribution in [0.3, 0.4) is 0 Å². The maximum Gasteiger partial charge on any atom is 0.341 e. The van der Waals surface area contributed by atoms with Gasteiger partial charge in [0, 0.05) is 12.0 Å². The number of hydrogen-bond donors (Lipinski definition) is 0. The van der Waals surface area contributed by atoms with E-state index < -0.39 is 17.6 Å². The van der Waals surface area contributed by atoms with Crippen LogP contribution in [0.1, 0.15) is 42.5 Å². The highest BCUT2D eigenvalue weighted by atomic mass is 19.1. The van der Waals surface area contributed by atoms with E-state index in [1.807, 2.05) is 0 Å². The Kier molecular flexibility index (Phi) is 4.71. The molecule has 0 saturated carbocycles. The summed E-state index contributed by atoms with van der Waals surface area (Å²) in [7, 11) is 0. The first-order valence-corrected chi connectivity index (χ1v) is 8.01. The van der Waals surface area contributed by atoms with E-state index in [9.17, 15) is 13.6 Å². The van der Waals surface area contributed by atoms with Crippen molar-refractivity contribution >= 4 is 5.97 Å². The summed E-state index contributed by atoms with van der Waals surface area (Å²) < 4.78 is 32.0. The van der Waals surface area contributed by atoms with E-state index in [1.54, 1.807) is 0 Å². The number of nitrogens with zero attached hydrogens (tertiary/aromatic N) is 1. The predicted octanol–water partition coefficient (Wildman–Crippen LogP) is 3.39. The van der Waals surface area contributed by atoms with Gasteiger partial charge in [-0.25, -0.2) is 13.6 Å². The number of ether oxygens (including phenoxy) is 1. The van der Waals surface area contributed by atoms with Gasteiger partial charge in [-0.05, 0) is 57.0 Å². The Hall–Kier alpha value is -1.49. The van der Waals surface area contributed by atoms with Crippen molar-refractivity contribution in [2.75, 3.05) is 19.7 Å². The van der Waals surface area contributed by atoms with Gasteiger partial charge in [-0.2, -0.15) is 0 Å². The third-order valence-electron chi connectivity index (χ3n) is 4.81. The Bertz CT molecular complexity index is 547. The Morgan fingerprint density at radius 1 is 1.18 bits per heavy atom. The third kappa shape index (κ3) is 3.29. The molecule has 0 aliphatic carbocycles. The van der Waals surface area contributed by atoms with E-state index in [1.165, 1.54) is 12.8 Å². The summed E-state index contributed by atoms with van der Waals surface area (Å²) in [6.07, 6.45) is 5.71. The first-order chi connectivity index (χ1) is 10.6. The molecule has 3 rings (SSSR count). The van der Waals surface area contributed by atoms with E-state index in [4.69, 9.17) is 4.74 Å². The minimum absolute atomic E-state index is 0.288. The molecular formula is C17H21F2NO2. The van der Waals surface area contributed by atoms with Crippen molar-refractivity contribution in [1.29, 1.82) is 0 Å². The molecule has 2 unspecified atom stereocenters. The molecule has 0 aromatic heterocycles. The lowest BCUT2D eigenvalue weighted by atomic mass is 9.84. The molecule has 3 nitrogen and oxygen atoms in total. The Morgan fingerprint density at radius 3 is 2.86 bits per heavy atom. The summed E-state index contributed by atoms with van der Waals surface area (Å²) in [6, 6.07) is 3.31. The lowest BCUT2D eigenvalue weighted by Gasteiger charge is -2.44. The number of rotatable bonds is 3. The molecule has 1 aromatic carbocycles. The molecule has 0 N–H and O–H groups in total. The summed E-state index contributed by atoms with van der Waals surface area (Å²) in [5.74, 6) is -1.85. The van der Waals surface area contributed by atoms with E-state index >= 15 is 0 Å². The minimum atomic E-state index is -0.773. The summed E-state index contributed by atoms with van der Waals surface area (Å²) in [6.45, 7) is 2.53. The average Bonchev–Trinajstić information content (AvgIpc) is 2.54. The van der Waals surface area contributed by atoms with Crippen LogP contribution >= 0.6 is 0 Å². The van der Waals surface area contributed by atoms with Crippen molar-refractivity contribution in [2.24, 2.45) is 5.92 Å². The van der Waals surface area contributed by atoms with E-state index in [0.29, 0.717) is 12.0 Å². The molecular weight excluding hydrogens is 288 g/mol. The number of esters is 1. The van der Waals surface area contributed by atoms with Crippen molar-refractivity contribution < 1.29 is 18.3 Å². The van der Waals surface area contributed by atoms with E-state index in [0.717, 1.165) is 50.6 Å². The highest BCUT2D eigenvalue weighted by molar-refractivity contribution is 5.89. The lowest BCUT2D eigenvalue weighted by Crippen LogP contribution is -2.49. The van der Waals surface area contributed by atoms with Gasteiger partial charge in [0.2, 0.25) is 0 Å². The number of hydrogen-bond acceptors (Lipinski definition) is 3. The van der Waals surface area contributed by atoms with Gasteiger partial charge in [0.05, 0.1) is 12.2 Å². The normalized spacial score (nSPS) is 25.5. The second-order valence-electron chi connectivity index (χ2n) is 6.22. The summed E-state index contributed by atoms with van der Waals surface area (Å²) in [5, 5.41) is 0. The molecule has 2 fully saturated rings. The monoisotopic (exact) mass is 309 g/mol. The number of fused-ring (bicyclic) bond motifs is 1. The van der Waals surface area contributed by atoms with Crippen molar-refractivity contribution in [2.45, 2.75) is 38.1 Å². The fourth-order valence-electron chi connectivity index (χ4n) is 3.69. The zero-order valence-corrected chi connectivity index (χ0v) is 12.6. The van der Waals surface area contributed by atoms with Crippen LogP contribution in [0.15, 0.2) is 18.2 Å². The lowest BCUT2D eigenvalue weighted by molar-refractivity contribution is 0.00709. The summed E-state index contributed by atoms with van der Waals surface area (Å²) in [5.41, 5.74) is -0.323.